The van der Waals surface area contributed by atoms with E-state index in [2.05, 4.69) is 0 Å². The van der Waals surface area contributed by atoms with E-state index in [1.165, 1.54) is 0 Å². The molecule has 1 fully saturated rings. The van der Waals surface area contributed by atoms with Gasteiger partial charge in [-0.3, -0.25) is 4.79 Å². The fourth-order valence-corrected chi connectivity index (χ4v) is 3.17. The monoisotopic (exact) mass is 317 g/mol. The number of hydrogen-bond acceptors (Lipinski definition) is 4. The lowest BCUT2D eigenvalue weighted by molar-refractivity contribution is -0.133. The van der Waals surface area contributed by atoms with Crippen molar-refractivity contribution in [3.63, 3.8) is 0 Å². The van der Waals surface area contributed by atoms with E-state index in [1.807, 2.05) is 37.3 Å². The first-order chi connectivity index (χ1) is 11.2. The van der Waals surface area contributed by atoms with Crippen molar-refractivity contribution < 1.29 is 19.4 Å². The smallest absolute Gasteiger partial charge is 0.231 e. The zero-order chi connectivity index (χ0) is 16.2. The zero-order valence-corrected chi connectivity index (χ0v) is 13.4. The minimum absolute atomic E-state index is 0.0275. The Labute approximate surface area is 136 Å². The molecule has 5 heteroatoms. The van der Waals surface area contributed by atoms with Crippen LogP contribution in [0.15, 0.2) is 30.4 Å². The molecule has 2 heterocycles. The summed E-state index contributed by atoms with van der Waals surface area (Å²) in [5, 5.41) is 10.5. The molecule has 1 aromatic rings. The molecular weight excluding hydrogens is 294 g/mol. The molecule has 5 nitrogen and oxygen atoms in total. The van der Waals surface area contributed by atoms with Crippen molar-refractivity contribution in [2.75, 3.05) is 19.9 Å². The Morgan fingerprint density at radius 1 is 1.35 bits per heavy atom. The number of nitrogens with zero attached hydrogens (tertiary/aromatic N) is 1. The van der Waals surface area contributed by atoms with E-state index in [9.17, 15) is 9.90 Å². The predicted octanol–water partition coefficient (Wildman–Crippen LogP) is 2.45. The Morgan fingerprint density at radius 2 is 2.17 bits per heavy atom. The molecule has 0 aromatic heterocycles. The number of piperidine rings is 1. The van der Waals surface area contributed by atoms with Crippen LogP contribution >= 0.6 is 0 Å². The first-order valence-electron chi connectivity index (χ1n) is 8.19. The minimum Gasteiger partial charge on any atom is -0.454 e. The van der Waals surface area contributed by atoms with Crippen LogP contribution < -0.4 is 9.47 Å². The Hall–Kier alpha value is -2.01. The van der Waals surface area contributed by atoms with Crippen LogP contribution in [0.2, 0.25) is 0 Å². The molecule has 0 bridgehead atoms. The lowest BCUT2D eigenvalue weighted by atomic mass is 9.87. The molecule has 0 radical (unpaired) electrons. The number of amides is 1. The van der Waals surface area contributed by atoms with Gasteiger partial charge in [-0.15, -0.1) is 0 Å². The molecule has 2 atom stereocenters. The topological polar surface area (TPSA) is 59.0 Å². The predicted molar refractivity (Wildman–Crippen MR) is 86.6 cm³/mol. The summed E-state index contributed by atoms with van der Waals surface area (Å²) >= 11 is 0. The number of ether oxygens (including phenoxy) is 2. The highest BCUT2D eigenvalue weighted by Gasteiger charge is 2.31. The molecule has 1 saturated heterocycles. The molecule has 23 heavy (non-hydrogen) atoms. The summed E-state index contributed by atoms with van der Waals surface area (Å²) in [6.45, 7) is 3.36. The quantitative estimate of drug-likeness (QED) is 0.867. The summed E-state index contributed by atoms with van der Waals surface area (Å²) in [6, 6.07) is 5.80. The SMILES string of the molecule is CCC=CCC(=O)N1CC[C@@H](c2ccc3c(c2)OCO3)[C@H](O)C1. The van der Waals surface area contributed by atoms with Crippen LogP contribution in [0.4, 0.5) is 0 Å². The third-order valence-corrected chi connectivity index (χ3v) is 4.45. The van der Waals surface area contributed by atoms with Crippen molar-refractivity contribution in [1.82, 2.24) is 4.90 Å². The minimum atomic E-state index is -0.553. The third-order valence-electron chi connectivity index (χ3n) is 4.45. The highest BCUT2D eigenvalue weighted by Crippen LogP contribution is 2.37. The molecule has 2 aliphatic rings. The lowest BCUT2D eigenvalue weighted by Crippen LogP contribution is -2.45. The molecular formula is C18H23NO4. The van der Waals surface area contributed by atoms with Crippen LogP contribution in [-0.4, -0.2) is 41.9 Å². The van der Waals surface area contributed by atoms with E-state index in [0.29, 0.717) is 19.5 Å². The van der Waals surface area contributed by atoms with Crippen molar-refractivity contribution in [2.45, 2.75) is 38.2 Å². The van der Waals surface area contributed by atoms with Crippen LogP contribution in [0.1, 0.15) is 37.7 Å². The van der Waals surface area contributed by atoms with Crippen molar-refractivity contribution >= 4 is 5.91 Å². The molecule has 1 N–H and O–H groups in total. The third kappa shape index (κ3) is 3.50. The van der Waals surface area contributed by atoms with E-state index in [-0.39, 0.29) is 18.6 Å². The summed E-state index contributed by atoms with van der Waals surface area (Å²) in [5.41, 5.74) is 1.04. The fraction of sp³-hybridized carbons (Fsp3) is 0.500. The maximum Gasteiger partial charge on any atom is 0.231 e. The number of carbonyl (C=O) groups excluding carboxylic acids is 1. The molecule has 2 aliphatic heterocycles. The summed E-state index contributed by atoms with van der Waals surface area (Å²) in [4.78, 5) is 13.9. The van der Waals surface area contributed by atoms with Gasteiger partial charge >= 0.3 is 0 Å². The molecule has 124 valence electrons. The average molecular weight is 317 g/mol. The standard InChI is InChI=1S/C18H23NO4/c1-2-3-4-5-18(21)19-9-8-14(15(20)11-19)13-6-7-16-17(10-13)23-12-22-16/h3-4,6-7,10,14-15,20H,2,5,8-9,11-12H2,1H3/t14-,15+/m0/s1. The number of aliphatic hydroxyl groups is 1. The summed E-state index contributed by atoms with van der Waals surface area (Å²) in [7, 11) is 0. The number of carbonyl (C=O) groups is 1. The number of β-amino-alcohol motifs (C(OH)–C–C–N with tert-alkyl or cyclic N) is 1. The first kappa shape index (κ1) is 15.9. The van der Waals surface area contributed by atoms with Crippen LogP contribution in [0, 0.1) is 0 Å². The maximum atomic E-state index is 12.1. The van der Waals surface area contributed by atoms with Gasteiger partial charge in [-0.1, -0.05) is 25.1 Å². The maximum absolute atomic E-state index is 12.1. The molecule has 1 aromatic carbocycles. The van der Waals surface area contributed by atoms with Gasteiger partial charge in [0.15, 0.2) is 11.5 Å². The second kappa shape index (κ2) is 7.04. The number of aliphatic hydroxyl groups excluding tert-OH is 1. The van der Waals surface area contributed by atoms with Gasteiger partial charge in [0.2, 0.25) is 12.7 Å². The van der Waals surface area contributed by atoms with Gasteiger partial charge in [0.05, 0.1) is 6.10 Å². The fourth-order valence-electron chi connectivity index (χ4n) is 3.17. The Morgan fingerprint density at radius 3 is 2.96 bits per heavy atom. The molecule has 0 unspecified atom stereocenters. The van der Waals surface area contributed by atoms with Crippen LogP contribution in [-0.2, 0) is 4.79 Å². The number of benzene rings is 1. The number of allylic oxidation sites excluding steroid dienone is 1. The van der Waals surface area contributed by atoms with Crippen LogP contribution in [0.25, 0.3) is 0 Å². The van der Waals surface area contributed by atoms with Crippen LogP contribution in [0.3, 0.4) is 0 Å². The lowest BCUT2D eigenvalue weighted by Gasteiger charge is -2.36. The molecule has 0 saturated carbocycles. The molecule has 0 aliphatic carbocycles. The first-order valence-corrected chi connectivity index (χ1v) is 8.19. The van der Waals surface area contributed by atoms with Gasteiger partial charge in [0.1, 0.15) is 0 Å². The highest BCUT2D eigenvalue weighted by molar-refractivity contribution is 5.77. The van der Waals surface area contributed by atoms with Gasteiger partial charge in [-0.25, -0.2) is 0 Å². The van der Waals surface area contributed by atoms with Gasteiger partial charge in [0.25, 0.3) is 0 Å². The largest absolute Gasteiger partial charge is 0.454 e. The number of rotatable bonds is 4. The van der Waals surface area contributed by atoms with Crippen molar-refractivity contribution in [3.8, 4) is 11.5 Å². The second-order valence-corrected chi connectivity index (χ2v) is 6.00. The number of hydrogen-bond donors (Lipinski definition) is 1. The number of likely N-dealkylation sites (tertiary alicyclic amines) is 1. The van der Waals surface area contributed by atoms with Crippen molar-refractivity contribution in [2.24, 2.45) is 0 Å². The van der Waals surface area contributed by atoms with Crippen molar-refractivity contribution in [3.05, 3.63) is 35.9 Å². The summed E-state index contributed by atoms with van der Waals surface area (Å²) < 4.78 is 10.7. The van der Waals surface area contributed by atoms with E-state index < -0.39 is 6.10 Å². The zero-order valence-electron chi connectivity index (χ0n) is 13.4. The number of fused-ring (bicyclic) bond motifs is 1. The van der Waals surface area contributed by atoms with Crippen molar-refractivity contribution in [1.29, 1.82) is 0 Å². The highest BCUT2D eigenvalue weighted by atomic mass is 16.7. The summed E-state index contributed by atoms with van der Waals surface area (Å²) in [5.74, 6) is 1.59. The van der Waals surface area contributed by atoms with E-state index >= 15 is 0 Å². The van der Waals surface area contributed by atoms with Gasteiger partial charge in [-0.05, 0) is 30.5 Å². The van der Waals surface area contributed by atoms with E-state index in [0.717, 1.165) is 29.9 Å². The van der Waals surface area contributed by atoms with Gasteiger partial charge in [0, 0.05) is 25.4 Å². The summed E-state index contributed by atoms with van der Waals surface area (Å²) in [6.07, 6.45) is 5.44. The normalized spacial score (nSPS) is 23.5. The second-order valence-electron chi connectivity index (χ2n) is 6.00. The Kier molecular flexibility index (Phi) is 4.86. The molecule has 3 rings (SSSR count). The Bertz CT molecular complexity index is 599. The van der Waals surface area contributed by atoms with E-state index in [4.69, 9.17) is 9.47 Å². The average Bonchev–Trinajstić information content (AvgIpc) is 3.02. The molecule has 0 spiro atoms. The van der Waals surface area contributed by atoms with Gasteiger partial charge in [-0.2, -0.15) is 0 Å². The van der Waals surface area contributed by atoms with Gasteiger partial charge < -0.3 is 19.5 Å². The van der Waals surface area contributed by atoms with E-state index in [1.54, 1.807) is 4.90 Å². The van der Waals surface area contributed by atoms with Crippen LogP contribution in [0.5, 0.6) is 11.5 Å². The Balaban J connectivity index is 1.62. The molecule has 1 amide bonds.